The number of carbonyl (C=O) groups excluding carboxylic acids is 1. The number of aromatic nitrogens is 2. The highest BCUT2D eigenvalue weighted by molar-refractivity contribution is 7.89. The van der Waals surface area contributed by atoms with E-state index in [4.69, 9.17) is 9.47 Å². The molecule has 0 fully saturated rings. The van der Waals surface area contributed by atoms with E-state index in [9.17, 15) is 13.2 Å². The van der Waals surface area contributed by atoms with Crippen LogP contribution in [0.2, 0.25) is 0 Å². The molecule has 1 amide bonds. The second-order valence-electron chi connectivity index (χ2n) is 7.94. The molecule has 0 spiro atoms. The van der Waals surface area contributed by atoms with Crippen LogP contribution in [0.25, 0.3) is 0 Å². The van der Waals surface area contributed by atoms with E-state index >= 15 is 0 Å². The van der Waals surface area contributed by atoms with Crippen molar-refractivity contribution < 1.29 is 22.7 Å². The Labute approximate surface area is 200 Å². The molecule has 2 aromatic carbocycles. The van der Waals surface area contributed by atoms with Gasteiger partial charge >= 0.3 is 0 Å². The molecule has 1 aromatic heterocycles. The molecule has 0 saturated heterocycles. The third-order valence-electron chi connectivity index (χ3n) is 5.56. The van der Waals surface area contributed by atoms with E-state index in [2.05, 4.69) is 15.0 Å². The molecule has 9 nitrogen and oxygen atoms in total. The minimum Gasteiger partial charge on any atom is -0.497 e. The van der Waals surface area contributed by atoms with Crippen molar-refractivity contribution in [2.45, 2.75) is 31.2 Å². The van der Waals surface area contributed by atoms with Crippen molar-refractivity contribution in [3.8, 4) is 11.5 Å². The van der Waals surface area contributed by atoms with Gasteiger partial charge in [-0.2, -0.15) is 0 Å². The van der Waals surface area contributed by atoms with Gasteiger partial charge in [-0.3, -0.25) is 4.79 Å². The first-order valence-electron chi connectivity index (χ1n) is 10.7. The molecular formula is C24H30N4O5S. The van der Waals surface area contributed by atoms with Gasteiger partial charge in [-0.05, 0) is 54.8 Å². The molecule has 0 radical (unpaired) electrons. The van der Waals surface area contributed by atoms with Gasteiger partial charge in [0.1, 0.15) is 23.4 Å². The van der Waals surface area contributed by atoms with E-state index in [1.807, 2.05) is 20.9 Å². The van der Waals surface area contributed by atoms with Crippen molar-refractivity contribution in [1.29, 1.82) is 0 Å². The zero-order chi connectivity index (χ0) is 24.9. The van der Waals surface area contributed by atoms with Gasteiger partial charge in [0.15, 0.2) is 0 Å². The SMILES string of the molecule is COc1cc(OC)cc([C@H](NC(=O)CCNS(=O)(=O)c2ccc(C)c(C)c2)c2nccn2C)c1. The lowest BCUT2D eigenvalue weighted by Gasteiger charge is -2.20. The molecule has 3 aromatic rings. The van der Waals surface area contributed by atoms with E-state index in [0.717, 1.165) is 16.7 Å². The van der Waals surface area contributed by atoms with Crippen LogP contribution in [0.3, 0.4) is 0 Å². The Balaban J connectivity index is 1.74. The second kappa shape index (κ2) is 10.7. The van der Waals surface area contributed by atoms with Crippen LogP contribution in [-0.4, -0.2) is 44.6 Å². The highest BCUT2D eigenvalue weighted by atomic mass is 32.2. The fourth-order valence-electron chi connectivity index (χ4n) is 3.44. The Morgan fingerprint density at radius 3 is 2.29 bits per heavy atom. The van der Waals surface area contributed by atoms with Crippen molar-refractivity contribution in [3.05, 3.63) is 71.3 Å². The highest BCUT2D eigenvalue weighted by Gasteiger charge is 2.23. The maximum Gasteiger partial charge on any atom is 0.240 e. The quantitative estimate of drug-likeness (QED) is 0.456. The number of sulfonamides is 1. The highest BCUT2D eigenvalue weighted by Crippen LogP contribution is 2.29. The first-order chi connectivity index (χ1) is 16.1. The second-order valence-corrected chi connectivity index (χ2v) is 9.70. The van der Waals surface area contributed by atoms with E-state index < -0.39 is 16.1 Å². The van der Waals surface area contributed by atoms with Crippen LogP contribution >= 0.6 is 0 Å². The summed E-state index contributed by atoms with van der Waals surface area (Å²) in [4.78, 5) is 17.4. The number of hydrogen-bond acceptors (Lipinski definition) is 6. The number of hydrogen-bond donors (Lipinski definition) is 2. The van der Waals surface area contributed by atoms with E-state index in [-0.39, 0.29) is 23.8 Å². The normalized spacial score (nSPS) is 12.3. The predicted octanol–water partition coefficient (Wildman–Crippen LogP) is 2.63. The maximum atomic E-state index is 12.8. The topological polar surface area (TPSA) is 112 Å². The van der Waals surface area contributed by atoms with E-state index in [0.29, 0.717) is 17.3 Å². The molecule has 0 unspecified atom stereocenters. The molecule has 1 heterocycles. The average Bonchev–Trinajstić information content (AvgIpc) is 3.24. The van der Waals surface area contributed by atoms with Crippen molar-refractivity contribution in [3.63, 3.8) is 0 Å². The number of rotatable bonds is 10. The van der Waals surface area contributed by atoms with Crippen molar-refractivity contribution in [2.24, 2.45) is 7.05 Å². The van der Waals surface area contributed by atoms with Gasteiger partial charge in [-0.15, -0.1) is 0 Å². The molecular weight excluding hydrogens is 456 g/mol. The third-order valence-corrected chi connectivity index (χ3v) is 7.02. The summed E-state index contributed by atoms with van der Waals surface area (Å²) < 4.78 is 40.2. The fraction of sp³-hybridized carbons (Fsp3) is 0.333. The van der Waals surface area contributed by atoms with Gasteiger partial charge in [0.2, 0.25) is 15.9 Å². The van der Waals surface area contributed by atoms with Crippen LogP contribution in [0.15, 0.2) is 53.7 Å². The van der Waals surface area contributed by atoms with Gasteiger partial charge in [0.05, 0.1) is 19.1 Å². The molecule has 0 saturated carbocycles. The predicted molar refractivity (Wildman–Crippen MR) is 128 cm³/mol. The van der Waals surface area contributed by atoms with Crippen molar-refractivity contribution >= 4 is 15.9 Å². The minimum atomic E-state index is -3.72. The lowest BCUT2D eigenvalue weighted by Crippen LogP contribution is -2.34. The first-order valence-corrected chi connectivity index (χ1v) is 12.2. The molecule has 0 aliphatic heterocycles. The number of aryl methyl sites for hydroxylation is 3. The average molecular weight is 487 g/mol. The third kappa shape index (κ3) is 5.95. The molecule has 0 aliphatic rings. The largest absolute Gasteiger partial charge is 0.497 e. The minimum absolute atomic E-state index is 0.0458. The Kier molecular flexibility index (Phi) is 7.95. The Bertz CT molecular complexity index is 1250. The Morgan fingerprint density at radius 2 is 1.74 bits per heavy atom. The van der Waals surface area contributed by atoms with Crippen LogP contribution in [0.5, 0.6) is 11.5 Å². The maximum absolute atomic E-state index is 12.8. The lowest BCUT2D eigenvalue weighted by atomic mass is 10.0. The Hall–Kier alpha value is -3.37. The fourth-order valence-corrected chi connectivity index (χ4v) is 4.56. The lowest BCUT2D eigenvalue weighted by molar-refractivity contribution is -0.121. The number of amides is 1. The molecule has 0 bridgehead atoms. The monoisotopic (exact) mass is 486 g/mol. The number of methoxy groups -OCH3 is 2. The van der Waals surface area contributed by atoms with E-state index in [1.165, 1.54) is 0 Å². The molecule has 34 heavy (non-hydrogen) atoms. The van der Waals surface area contributed by atoms with Crippen LogP contribution in [-0.2, 0) is 21.9 Å². The van der Waals surface area contributed by atoms with Crippen LogP contribution in [0.1, 0.15) is 35.0 Å². The standard InChI is InChI=1S/C24H30N4O5S/c1-16-6-7-21(12-17(16)2)34(30,31)26-9-8-22(29)27-23(24-25-10-11-28(24)3)18-13-19(32-4)15-20(14-18)33-5/h6-7,10-15,23,26H,8-9H2,1-5H3,(H,27,29)/t23-/m0/s1. The molecule has 0 aliphatic carbocycles. The first kappa shape index (κ1) is 25.3. The Morgan fingerprint density at radius 1 is 1.06 bits per heavy atom. The summed E-state index contributed by atoms with van der Waals surface area (Å²) in [6.07, 6.45) is 3.37. The molecule has 1 atom stereocenters. The summed E-state index contributed by atoms with van der Waals surface area (Å²) in [5, 5.41) is 2.95. The van der Waals surface area contributed by atoms with E-state index in [1.54, 1.807) is 67.6 Å². The zero-order valence-electron chi connectivity index (χ0n) is 20.0. The van der Waals surface area contributed by atoms with Gasteiger partial charge < -0.3 is 19.4 Å². The van der Waals surface area contributed by atoms with Crippen LogP contribution in [0, 0.1) is 13.8 Å². The number of nitrogens with zero attached hydrogens (tertiary/aromatic N) is 2. The van der Waals surface area contributed by atoms with Gasteiger partial charge in [0.25, 0.3) is 0 Å². The zero-order valence-corrected chi connectivity index (χ0v) is 20.8. The summed E-state index contributed by atoms with van der Waals surface area (Å²) in [5.74, 6) is 1.42. The number of carbonyl (C=O) groups is 1. The van der Waals surface area contributed by atoms with Gasteiger partial charge in [-0.25, -0.2) is 18.1 Å². The number of benzene rings is 2. The summed E-state index contributed by atoms with van der Waals surface area (Å²) in [6, 6.07) is 9.67. The molecule has 182 valence electrons. The van der Waals surface area contributed by atoms with Gasteiger partial charge in [-0.1, -0.05) is 6.07 Å². The molecule has 10 heteroatoms. The van der Waals surface area contributed by atoms with Crippen LogP contribution < -0.4 is 19.5 Å². The number of imidazole rings is 1. The van der Waals surface area contributed by atoms with Crippen molar-refractivity contribution in [1.82, 2.24) is 19.6 Å². The molecule has 3 rings (SSSR count). The van der Waals surface area contributed by atoms with Gasteiger partial charge in [0, 0.05) is 38.5 Å². The summed E-state index contributed by atoms with van der Waals surface area (Å²) >= 11 is 0. The molecule has 2 N–H and O–H groups in total. The smallest absolute Gasteiger partial charge is 0.240 e. The van der Waals surface area contributed by atoms with Crippen molar-refractivity contribution in [2.75, 3.05) is 20.8 Å². The van der Waals surface area contributed by atoms with Crippen LogP contribution in [0.4, 0.5) is 0 Å². The summed E-state index contributed by atoms with van der Waals surface area (Å²) in [6.45, 7) is 3.72. The number of nitrogens with one attached hydrogen (secondary N) is 2. The summed E-state index contributed by atoms with van der Waals surface area (Å²) in [5.41, 5.74) is 2.61. The summed E-state index contributed by atoms with van der Waals surface area (Å²) in [7, 11) is 1.21. The number of ether oxygens (including phenoxy) is 2.